The number of nitro benzene ring substituents is 1. The number of nitrogens with zero attached hydrogens (tertiary/aromatic N) is 1. The van der Waals surface area contributed by atoms with Gasteiger partial charge in [0.25, 0.3) is 5.69 Å². The van der Waals surface area contributed by atoms with Crippen molar-refractivity contribution in [3.05, 3.63) is 52.3 Å². The summed E-state index contributed by atoms with van der Waals surface area (Å²) in [6.07, 6.45) is 1.64. The molecular formula is C12H15FN2O3. The summed E-state index contributed by atoms with van der Waals surface area (Å²) >= 11 is 0. The van der Waals surface area contributed by atoms with Gasteiger partial charge in [-0.3, -0.25) is 10.1 Å². The third-order valence-corrected chi connectivity index (χ3v) is 2.21. The molecule has 18 heavy (non-hydrogen) atoms. The Hall–Kier alpha value is -1.79. The van der Waals surface area contributed by atoms with E-state index >= 15 is 0 Å². The molecule has 6 heteroatoms. The van der Waals surface area contributed by atoms with Crippen molar-refractivity contribution in [1.29, 1.82) is 0 Å². The van der Waals surface area contributed by atoms with Crippen molar-refractivity contribution in [2.75, 3.05) is 19.8 Å². The average Bonchev–Trinajstić information content (AvgIpc) is 2.33. The number of hydrogen-bond acceptors (Lipinski definition) is 4. The van der Waals surface area contributed by atoms with Crippen molar-refractivity contribution in [2.45, 2.75) is 6.54 Å². The van der Waals surface area contributed by atoms with E-state index in [1.54, 1.807) is 6.08 Å². The summed E-state index contributed by atoms with van der Waals surface area (Å²) in [5, 5.41) is 13.7. The second-order valence-corrected chi connectivity index (χ2v) is 3.57. The lowest BCUT2D eigenvalue weighted by Gasteiger charge is -2.06. The fourth-order valence-electron chi connectivity index (χ4n) is 1.41. The SMILES string of the molecule is C=CCOCCNCc1cc(F)ccc1[N+](=O)[O-]. The molecule has 1 aromatic rings. The smallest absolute Gasteiger partial charge is 0.274 e. The van der Waals surface area contributed by atoms with E-state index in [2.05, 4.69) is 11.9 Å². The average molecular weight is 254 g/mol. The molecule has 5 nitrogen and oxygen atoms in total. The van der Waals surface area contributed by atoms with Crippen LogP contribution in [0.25, 0.3) is 0 Å². The van der Waals surface area contributed by atoms with E-state index in [1.165, 1.54) is 6.07 Å². The van der Waals surface area contributed by atoms with Crippen LogP contribution in [0.1, 0.15) is 5.56 Å². The van der Waals surface area contributed by atoms with Crippen LogP contribution in [0.2, 0.25) is 0 Å². The van der Waals surface area contributed by atoms with E-state index in [0.29, 0.717) is 25.3 Å². The minimum atomic E-state index is -0.523. The highest BCUT2D eigenvalue weighted by atomic mass is 19.1. The van der Waals surface area contributed by atoms with Crippen LogP contribution in [-0.4, -0.2) is 24.7 Å². The Morgan fingerprint density at radius 2 is 2.33 bits per heavy atom. The van der Waals surface area contributed by atoms with E-state index in [-0.39, 0.29) is 12.2 Å². The van der Waals surface area contributed by atoms with Crippen LogP contribution in [-0.2, 0) is 11.3 Å². The zero-order chi connectivity index (χ0) is 13.4. The number of benzene rings is 1. The monoisotopic (exact) mass is 254 g/mol. The second kappa shape index (κ2) is 7.52. The first-order valence-corrected chi connectivity index (χ1v) is 5.47. The number of ether oxygens (including phenoxy) is 1. The van der Waals surface area contributed by atoms with Gasteiger partial charge in [-0.25, -0.2) is 4.39 Å². The molecule has 0 aliphatic rings. The summed E-state index contributed by atoms with van der Waals surface area (Å²) in [7, 11) is 0. The number of nitrogens with one attached hydrogen (secondary N) is 1. The second-order valence-electron chi connectivity index (χ2n) is 3.57. The summed E-state index contributed by atoms with van der Waals surface area (Å²) in [6, 6.07) is 3.41. The van der Waals surface area contributed by atoms with Crippen LogP contribution in [0.5, 0.6) is 0 Å². The first-order valence-electron chi connectivity index (χ1n) is 5.47. The van der Waals surface area contributed by atoms with Crippen LogP contribution in [0.3, 0.4) is 0 Å². The van der Waals surface area contributed by atoms with E-state index in [4.69, 9.17) is 4.74 Å². The lowest BCUT2D eigenvalue weighted by molar-refractivity contribution is -0.385. The Balaban J connectivity index is 2.47. The first kappa shape index (κ1) is 14.3. The van der Waals surface area contributed by atoms with E-state index in [1.807, 2.05) is 0 Å². The number of rotatable bonds is 8. The molecule has 0 unspecified atom stereocenters. The van der Waals surface area contributed by atoms with Crippen LogP contribution in [0.4, 0.5) is 10.1 Å². The molecule has 98 valence electrons. The predicted octanol–water partition coefficient (Wildman–Crippen LogP) is 2.03. The molecule has 0 aliphatic carbocycles. The third-order valence-electron chi connectivity index (χ3n) is 2.21. The van der Waals surface area contributed by atoms with Crippen LogP contribution >= 0.6 is 0 Å². The van der Waals surface area contributed by atoms with Crippen molar-refractivity contribution in [1.82, 2.24) is 5.32 Å². The van der Waals surface area contributed by atoms with Gasteiger partial charge < -0.3 is 10.1 Å². The topological polar surface area (TPSA) is 64.4 Å². The predicted molar refractivity (Wildman–Crippen MR) is 65.8 cm³/mol. The van der Waals surface area contributed by atoms with Crippen molar-refractivity contribution >= 4 is 5.69 Å². The van der Waals surface area contributed by atoms with Crippen molar-refractivity contribution < 1.29 is 14.1 Å². The molecule has 0 radical (unpaired) electrons. The molecule has 0 saturated carbocycles. The standard InChI is InChI=1S/C12H15FN2O3/c1-2-6-18-7-5-14-9-10-8-11(13)3-4-12(10)15(16)17/h2-4,8,14H,1,5-7,9H2. The van der Waals surface area contributed by atoms with Gasteiger partial charge in [-0.1, -0.05) is 6.08 Å². The lowest BCUT2D eigenvalue weighted by atomic mass is 10.1. The molecule has 0 fully saturated rings. The molecule has 0 aromatic heterocycles. The molecule has 0 atom stereocenters. The van der Waals surface area contributed by atoms with Gasteiger partial charge in [0.2, 0.25) is 0 Å². The summed E-state index contributed by atoms with van der Waals surface area (Å²) in [6.45, 7) is 5.19. The zero-order valence-corrected chi connectivity index (χ0v) is 9.89. The Labute approximate surface area is 104 Å². The molecule has 1 N–H and O–H groups in total. The number of halogens is 1. The maximum Gasteiger partial charge on any atom is 0.274 e. The largest absolute Gasteiger partial charge is 0.376 e. The van der Waals surface area contributed by atoms with Crippen LogP contribution in [0.15, 0.2) is 30.9 Å². The number of hydrogen-bond donors (Lipinski definition) is 1. The molecule has 0 spiro atoms. The Morgan fingerprint density at radius 3 is 3.00 bits per heavy atom. The van der Waals surface area contributed by atoms with Gasteiger partial charge in [0.1, 0.15) is 5.82 Å². The third kappa shape index (κ3) is 4.60. The van der Waals surface area contributed by atoms with Gasteiger partial charge in [-0.05, 0) is 12.1 Å². The van der Waals surface area contributed by atoms with Crippen LogP contribution in [0, 0.1) is 15.9 Å². The normalized spacial score (nSPS) is 10.3. The molecule has 0 amide bonds. The molecule has 1 rings (SSSR count). The first-order chi connectivity index (χ1) is 8.65. The van der Waals surface area contributed by atoms with Gasteiger partial charge in [0, 0.05) is 24.7 Å². The summed E-state index contributed by atoms with van der Waals surface area (Å²) < 4.78 is 18.1. The van der Waals surface area contributed by atoms with Crippen molar-refractivity contribution in [2.24, 2.45) is 0 Å². The van der Waals surface area contributed by atoms with Crippen LogP contribution < -0.4 is 5.32 Å². The Kier molecular flexibility index (Phi) is 5.96. The summed E-state index contributed by atoms with van der Waals surface area (Å²) in [4.78, 5) is 10.2. The molecule has 0 heterocycles. The van der Waals surface area contributed by atoms with Gasteiger partial charge in [0.05, 0.1) is 18.1 Å². The van der Waals surface area contributed by atoms with Gasteiger partial charge >= 0.3 is 0 Å². The zero-order valence-electron chi connectivity index (χ0n) is 9.89. The molecule has 0 bridgehead atoms. The highest BCUT2D eigenvalue weighted by molar-refractivity contribution is 5.40. The van der Waals surface area contributed by atoms with Gasteiger partial charge in [-0.2, -0.15) is 0 Å². The molecule has 0 aliphatic heterocycles. The summed E-state index contributed by atoms with van der Waals surface area (Å²) in [5.74, 6) is -0.486. The minimum absolute atomic E-state index is 0.0871. The summed E-state index contributed by atoms with van der Waals surface area (Å²) in [5.41, 5.74) is 0.236. The highest BCUT2D eigenvalue weighted by Crippen LogP contribution is 2.19. The number of nitro groups is 1. The Morgan fingerprint density at radius 1 is 1.56 bits per heavy atom. The van der Waals surface area contributed by atoms with E-state index in [9.17, 15) is 14.5 Å². The van der Waals surface area contributed by atoms with E-state index in [0.717, 1.165) is 12.1 Å². The highest BCUT2D eigenvalue weighted by Gasteiger charge is 2.13. The van der Waals surface area contributed by atoms with E-state index < -0.39 is 10.7 Å². The van der Waals surface area contributed by atoms with Crippen molar-refractivity contribution in [3.8, 4) is 0 Å². The molecule has 0 saturated heterocycles. The minimum Gasteiger partial charge on any atom is -0.376 e. The fourth-order valence-corrected chi connectivity index (χ4v) is 1.41. The van der Waals surface area contributed by atoms with Gasteiger partial charge in [0.15, 0.2) is 0 Å². The quantitative estimate of drug-likeness (QED) is 0.333. The van der Waals surface area contributed by atoms with Crippen molar-refractivity contribution in [3.63, 3.8) is 0 Å². The maximum atomic E-state index is 13.0. The molecule has 1 aromatic carbocycles. The lowest BCUT2D eigenvalue weighted by Crippen LogP contribution is -2.20. The fraction of sp³-hybridized carbons (Fsp3) is 0.333. The maximum absolute atomic E-state index is 13.0. The van der Waals surface area contributed by atoms with Gasteiger partial charge in [-0.15, -0.1) is 6.58 Å². The molecular weight excluding hydrogens is 239 g/mol. The Bertz CT molecular complexity index is 424.